The molecule has 0 aromatic heterocycles. The van der Waals surface area contributed by atoms with Gasteiger partial charge in [0.2, 0.25) is 5.91 Å². The van der Waals surface area contributed by atoms with Crippen LogP contribution < -0.4 is 10.6 Å². The summed E-state index contributed by atoms with van der Waals surface area (Å²) in [5.41, 5.74) is 1.49. The normalized spacial score (nSPS) is 17.5. The molecule has 0 saturated carbocycles. The van der Waals surface area contributed by atoms with E-state index in [4.69, 9.17) is 4.74 Å². The Morgan fingerprint density at radius 3 is 2.50 bits per heavy atom. The van der Waals surface area contributed by atoms with Gasteiger partial charge >= 0.3 is 18.0 Å². The van der Waals surface area contributed by atoms with Crippen molar-refractivity contribution < 1.29 is 29.0 Å². The molecule has 0 aliphatic carbocycles. The van der Waals surface area contributed by atoms with Crippen molar-refractivity contribution in [1.82, 2.24) is 10.2 Å². The van der Waals surface area contributed by atoms with Gasteiger partial charge in [-0.3, -0.25) is 4.79 Å². The second-order valence-electron chi connectivity index (χ2n) is 7.27. The highest BCUT2D eigenvalue weighted by atomic mass is 16.5. The van der Waals surface area contributed by atoms with Crippen molar-refractivity contribution in [3.05, 3.63) is 65.7 Å². The van der Waals surface area contributed by atoms with E-state index >= 15 is 0 Å². The van der Waals surface area contributed by atoms with Crippen molar-refractivity contribution in [2.45, 2.75) is 31.8 Å². The number of nitrogens with one attached hydrogen (secondary N) is 2. The van der Waals surface area contributed by atoms with Crippen LogP contribution in [0.1, 0.15) is 41.7 Å². The number of ether oxygens (including phenoxy) is 1. The van der Waals surface area contributed by atoms with Crippen molar-refractivity contribution in [1.29, 1.82) is 0 Å². The smallest absolute Gasteiger partial charge is 0.338 e. The molecule has 2 aromatic carbocycles. The molecular weight excluding hydrogens is 414 g/mol. The molecule has 2 atom stereocenters. The molecule has 0 bridgehead atoms. The minimum atomic E-state index is -1.07. The lowest BCUT2D eigenvalue weighted by Gasteiger charge is -2.28. The lowest BCUT2D eigenvalue weighted by molar-refractivity contribution is -0.149. The van der Waals surface area contributed by atoms with Crippen molar-refractivity contribution in [3.63, 3.8) is 0 Å². The lowest BCUT2D eigenvalue weighted by atomic mass is 10.0. The van der Waals surface area contributed by atoms with Crippen LogP contribution in [0.15, 0.2) is 54.6 Å². The van der Waals surface area contributed by atoms with Gasteiger partial charge < -0.3 is 25.4 Å². The number of anilines is 1. The van der Waals surface area contributed by atoms with Crippen LogP contribution in [-0.2, 0) is 14.3 Å². The minimum absolute atomic E-state index is 0.233. The Bertz CT molecular complexity index is 994. The van der Waals surface area contributed by atoms with E-state index in [1.807, 2.05) is 30.3 Å². The fourth-order valence-corrected chi connectivity index (χ4v) is 3.76. The van der Waals surface area contributed by atoms with Gasteiger partial charge in [-0.2, -0.15) is 0 Å². The third kappa shape index (κ3) is 5.42. The second-order valence-corrected chi connectivity index (χ2v) is 7.27. The van der Waals surface area contributed by atoms with E-state index in [0.29, 0.717) is 18.5 Å². The maximum Gasteiger partial charge on any atom is 0.338 e. The van der Waals surface area contributed by atoms with E-state index in [-0.39, 0.29) is 24.8 Å². The van der Waals surface area contributed by atoms with E-state index in [2.05, 4.69) is 10.6 Å². The number of esters is 1. The summed E-state index contributed by atoms with van der Waals surface area (Å²) in [5.74, 6) is -2.07. The molecule has 0 unspecified atom stereocenters. The van der Waals surface area contributed by atoms with Crippen LogP contribution in [0.3, 0.4) is 0 Å². The van der Waals surface area contributed by atoms with Crippen LogP contribution in [0, 0.1) is 0 Å². The van der Waals surface area contributed by atoms with Gasteiger partial charge in [0.1, 0.15) is 6.04 Å². The molecular formula is C23H25N3O6. The first-order valence-electron chi connectivity index (χ1n) is 10.3. The zero-order valence-corrected chi connectivity index (χ0v) is 17.6. The Morgan fingerprint density at radius 1 is 1.06 bits per heavy atom. The summed E-state index contributed by atoms with van der Waals surface area (Å²) in [5, 5.41) is 14.6. The number of amides is 3. The molecule has 9 heteroatoms. The SMILES string of the molecule is CCOC(=O)c1cccc(NC(=O)NCC(=O)N2[C@@H](C(=O)O)CC[C@H]2c2ccccc2)c1. The fraction of sp³-hybridized carbons (Fsp3) is 0.304. The molecule has 1 aliphatic heterocycles. The molecule has 0 radical (unpaired) electrons. The Labute approximate surface area is 185 Å². The van der Waals surface area contributed by atoms with Gasteiger partial charge in [-0.05, 0) is 43.5 Å². The summed E-state index contributed by atoms with van der Waals surface area (Å²) < 4.78 is 4.93. The summed E-state index contributed by atoms with van der Waals surface area (Å²) in [7, 11) is 0. The van der Waals surface area contributed by atoms with Gasteiger partial charge in [-0.25, -0.2) is 14.4 Å². The number of likely N-dealkylation sites (tertiary alicyclic amines) is 1. The summed E-state index contributed by atoms with van der Waals surface area (Å²) in [4.78, 5) is 50.0. The Morgan fingerprint density at radius 2 is 1.81 bits per heavy atom. The first kappa shape index (κ1) is 22.8. The van der Waals surface area contributed by atoms with Crippen LogP contribution in [0.25, 0.3) is 0 Å². The van der Waals surface area contributed by atoms with Crippen molar-refractivity contribution in [2.24, 2.45) is 0 Å². The minimum Gasteiger partial charge on any atom is -0.480 e. The number of nitrogens with zero attached hydrogens (tertiary/aromatic N) is 1. The van der Waals surface area contributed by atoms with Crippen molar-refractivity contribution in [3.8, 4) is 0 Å². The van der Waals surface area contributed by atoms with E-state index in [1.54, 1.807) is 25.1 Å². The number of benzene rings is 2. The molecule has 3 N–H and O–H groups in total. The Hall–Kier alpha value is -3.88. The van der Waals surface area contributed by atoms with Crippen LogP contribution in [0.4, 0.5) is 10.5 Å². The monoisotopic (exact) mass is 439 g/mol. The number of carbonyl (C=O) groups excluding carboxylic acids is 3. The molecule has 1 fully saturated rings. The van der Waals surface area contributed by atoms with E-state index in [9.17, 15) is 24.3 Å². The quantitative estimate of drug-likeness (QED) is 0.570. The van der Waals surface area contributed by atoms with Crippen molar-refractivity contribution >= 4 is 29.6 Å². The number of carbonyl (C=O) groups is 4. The third-order valence-corrected chi connectivity index (χ3v) is 5.17. The molecule has 32 heavy (non-hydrogen) atoms. The molecule has 0 spiro atoms. The highest BCUT2D eigenvalue weighted by Gasteiger charge is 2.41. The van der Waals surface area contributed by atoms with Crippen molar-refractivity contribution in [2.75, 3.05) is 18.5 Å². The number of aliphatic carboxylic acids is 1. The maximum atomic E-state index is 12.9. The van der Waals surface area contributed by atoms with Crippen LogP contribution in [0.2, 0.25) is 0 Å². The number of carboxylic acids is 1. The molecule has 1 saturated heterocycles. The topological polar surface area (TPSA) is 125 Å². The van der Waals surface area contributed by atoms with E-state index in [1.165, 1.54) is 11.0 Å². The maximum absolute atomic E-state index is 12.9. The van der Waals surface area contributed by atoms with Gasteiger partial charge in [-0.15, -0.1) is 0 Å². The zero-order valence-electron chi connectivity index (χ0n) is 17.6. The molecule has 3 amide bonds. The summed E-state index contributed by atoms with van der Waals surface area (Å²) in [6, 6.07) is 13.5. The van der Waals surface area contributed by atoms with Gasteiger partial charge in [0.15, 0.2) is 0 Å². The van der Waals surface area contributed by atoms with E-state index < -0.39 is 29.9 Å². The highest BCUT2D eigenvalue weighted by Crippen LogP contribution is 2.36. The number of carboxylic acid groups (broad SMARTS) is 1. The van der Waals surface area contributed by atoms with Crippen LogP contribution >= 0.6 is 0 Å². The summed E-state index contributed by atoms with van der Waals surface area (Å²) in [6.07, 6.45) is 0.868. The second kappa shape index (κ2) is 10.4. The largest absolute Gasteiger partial charge is 0.480 e. The molecule has 2 aromatic rings. The molecule has 1 aliphatic rings. The average Bonchev–Trinajstić information content (AvgIpc) is 3.24. The van der Waals surface area contributed by atoms with Crippen LogP contribution in [-0.4, -0.2) is 53.1 Å². The third-order valence-electron chi connectivity index (χ3n) is 5.17. The standard InChI is InChI=1S/C23H25N3O6/c1-2-32-22(30)16-9-6-10-17(13-16)25-23(31)24-14-20(27)26-18(11-12-19(26)21(28)29)15-7-4-3-5-8-15/h3-10,13,18-19H,2,11-12,14H2,1H3,(H,28,29)(H2,24,25,31)/t18-,19+/m0/s1. The predicted octanol–water partition coefficient (Wildman–Crippen LogP) is 2.80. The number of hydrogen-bond donors (Lipinski definition) is 3. The van der Waals surface area contributed by atoms with Gasteiger partial charge in [0.25, 0.3) is 0 Å². The first-order chi connectivity index (χ1) is 15.4. The van der Waals surface area contributed by atoms with Crippen LogP contribution in [0.5, 0.6) is 0 Å². The number of hydrogen-bond acceptors (Lipinski definition) is 5. The van der Waals surface area contributed by atoms with Gasteiger partial charge in [0, 0.05) is 5.69 Å². The fourth-order valence-electron chi connectivity index (χ4n) is 3.76. The highest BCUT2D eigenvalue weighted by molar-refractivity contribution is 5.95. The molecule has 9 nitrogen and oxygen atoms in total. The predicted molar refractivity (Wildman–Crippen MR) is 116 cm³/mol. The van der Waals surface area contributed by atoms with Gasteiger partial charge in [0.05, 0.1) is 24.8 Å². The summed E-state index contributed by atoms with van der Waals surface area (Å²) >= 11 is 0. The van der Waals surface area contributed by atoms with Gasteiger partial charge in [-0.1, -0.05) is 36.4 Å². The summed E-state index contributed by atoms with van der Waals surface area (Å²) in [6.45, 7) is 1.56. The first-order valence-corrected chi connectivity index (χ1v) is 10.3. The lowest BCUT2D eigenvalue weighted by Crippen LogP contribution is -2.47. The Kier molecular flexibility index (Phi) is 7.43. The van der Waals surface area contributed by atoms with E-state index in [0.717, 1.165) is 5.56 Å². The number of rotatable bonds is 7. The molecule has 3 rings (SSSR count). The molecule has 1 heterocycles. The average molecular weight is 439 g/mol. The Balaban J connectivity index is 1.63. The molecule has 168 valence electrons. The zero-order chi connectivity index (χ0) is 23.1. The number of urea groups is 1.